The highest BCUT2D eigenvalue weighted by atomic mass is 16.5. The number of hydrogen-bond acceptors (Lipinski definition) is 3. The molecule has 1 aliphatic rings. The van der Waals surface area contributed by atoms with Gasteiger partial charge >= 0.3 is 0 Å². The van der Waals surface area contributed by atoms with Crippen molar-refractivity contribution < 1.29 is 4.74 Å². The average molecular weight is 242 g/mol. The Hall–Kier alpha value is -0.120. The number of nitrogens with zero attached hydrogens (tertiary/aromatic N) is 2. The molecule has 1 aliphatic heterocycles. The number of rotatable bonds is 8. The van der Waals surface area contributed by atoms with Gasteiger partial charge in [0.1, 0.15) is 0 Å². The molecule has 3 nitrogen and oxygen atoms in total. The fourth-order valence-corrected chi connectivity index (χ4v) is 2.56. The van der Waals surface area contributed by atoms with Crippen LogP contribution in [-0.2, 0) is 4.74 Å². The van der Waals surface area contributed by atoms with Crippen molar-refractivity contribution in [1.29, 1.82) is 0 Å². The van der Waals surface area contributed by atoms with E-state index in [0.29, 0.717) is 12.1 Å². The predicted octanol–water partition coefficient (Wildman–Crippen LogP) is 2.22. The van der Waals surface area contributed by atoms with Crippen LogP contribution in [0.15, 0.2) is 0 Å². The van der Waals surface area contributed by atoms with Crippen molar-refractivity contribution in [3.8, 4) is 0 Å². The highest BCUT2D eigenvalue weighted by Gasteiger charge is 2.18. The van der Waals surface area contributed by atoms with Gasteiger partial charge in [-0.1, -0.05) is 6.92 Å². The molecule has 0 bridgehead atoms. The second-order valence-corrected chi connectivity index (χ2v) is 5.50. The molecular weight excluding hydrogens is 212 g/mol. The zero-order chi connectivity index (χ0) is 12.7. The Morgan fingerprint density at radius 1 is 1.24 bits per heavy atom. The summed E-state index contributed by atoms with van der Waals surface area (Å²) in [5, 5.41) is 0. The summed E-state index contributed by atoms with van der Waals surface area (Å²) < 4.78 is 5.95. The smallest absolute Gasteiger partial charge is 0.0674 e. The molecule has 0 radical (unpaired) electrons. The third-order valence-corrected chi connectivity index (χ3v) is 3.56. The molecule has 1 saturated heterocycles. The van der Waals surface area contributed by atoms with Gasteiger partial charge in [0.2, 0.25) is 0 Å². The van der Waals surface area contributed by atoms with E-state index in [1.807, 2.05) is 0 Å². The van der Waals surface area contributed by atoms with Gasteiger partial charge in [-0.25, -0.2) is 0 Å². The van der Waals surface area contributed by atoms with Gasteiger partial charge in [-0.15, -0.1) is 0 Å². The Balaban J connectivity index is 2.11. The summed E-state index contributed by atoms with van der Waals surface area (Å²) in [5.41, 5.74) is 0. The van der Waals surface area contributed by atoms with E-state index >= 15 is 0 Å². The quantitative estimate of drug-likeness (QED) is 0.649. The third kappa shape index (κ3) is 5.84. The van der Waals surface area contributed by atoms with E-state index in [0.717, 1.165) is 19.7 Å². The summed E-state index contributed by atoms with van der Waals surface area (Å²) in [4.78, 5) is 4.90. The SMILES string of the molecule is CCCN(C)CC(C)OCC(C)N1CCCC1. The molecule has 0 aliphatic carbocycles. The fraction of sp³-hybridized carbons (Fsp3) is 1.00. The summed E-state index contributed by atoms with van der Waals surface area (Å²) in [5.74, 6) is 0. The maximum Gasteiger partial charge on any atom is 0.0674 e. The topological polar surface area (TPSA) is 15.7 Å². The lowest BCUT2D eigenvalue weighted by Crippen LogP contribution is -2.37. The summed E-state index contributed by atoms with van der Waals surface area (Å²) in [6, 6.07) is 0.580. The normalized spacial score (nSPS) is 21.0. The zero-order valence-corrected chi connectivity index (χ0v) is 12.1. The molecule has 17 heavy (non-hydrogen) atoms. The van der Waals surface area contributed by atoms with Crippen LogP contribution in [0.25, 0.3) is 0 Å². The lowest BCUT2D eigenvalue weighted by atomic mass is 10.3. The molecule has 0 saturated carbocycles. The van der Waals surface area contributed by atoms with E-state index < -0.39 is 0 Å². The van der Waals surface area contributed by atoms with Crippen LogP contribution in [0.2, 0.25) is 0 Å². The molecular formula is C14H30N2O. The molecule has 3 heteroatoms. The highest BCUT2D eigenvalue weighted by Crippen LogP contribution is 2.12. The minimum Gasteiger partial charge on any atom is -0.376 e. The number of likely N-dealkylation sites (tertiary alicyclic amines) is 1. The Morgan fingerprint density at radius 3 is 2.47 bits per heavy atom. The number of hydrogen-bond donors (Lipinski definition) is 0. The Labute approximate surface area is 107 Å². The van der Waals surface area contributed by atoms with Crippen LogP contribution in [0.1, 0.15) is 40.0 Å². The van der Waals surface area contributed by atoms with E-state index in [4.69, 9.17) is 4.74 Å². The van der Waals surface area contributed by atoms with Crippen molar-refractivity contribution in [2.45, 2.75) is 52.2 Å². The van der Waals surface area contributed by atoms with Gasteiger partial charge in [0.05, 0.1) is 12.7 Å². The Bertz CT molecular complexity index is 193. The molecule has 0 amide bonds. The minimum atomic E-state index is 0.344. The minimum absolute atomic E-state index is 0.344. The van der Waals surface area contributed by atoms with Crippen molar-refractivity contribution in [2.24, 2.45) is 0 Å². The molecule has 2 atom stereocenters. The molecule has 0 aromatic carbocycles. The number of ether oxygens (including phenoxy) is 1. The maximum absolute atomic E-state index is 5.95. The first-order valence-corrected chi connectivity index (χ1v) is 7.17. The summed E-state index contributed by atoms with van der Waals surface area (Å²) in [7, 11) is 2.17. The molecule has 0 aromatic heterocycles. The van der Waals surface area contributed by atoms with Gasteiger partial charge in [0.15, 0.2) is 0 Å². The first-order valence-electron chi connectivity index (χ1n) is 7.17. The van der Waals surface area contributed by atoms with E-state index in [1.165, 1.54) is 32.4 Å². The van der Waals surface area contributed by atoms with E-state index in [9.17, 15) is 0 Å². The van der Waals surface area contributed by atoms with Crippen LogP contribution >= 0.6 is 0 Å². The van der Waals surface area contributed by atoms with E-state index in [2.05, 4.69) is 37.6 Å². The molecule has 0 aromatic rings. The zero-order valence-electron chi connectivity index (χ0n) is 12.1. The molecule has 2 unspecified atom stereocenters. The van der Waals surface area contributed by atoms with Gasteiger partial charge in [-0.3, -0.25) is 4.90 Å². The molecule has 0 N–H and O–H groups in total. The second kappa shape index (κ2) is 8.06. The van der Waals surface area contributed by atoms with Gasteiger partial charge in [0.25, 0.3) is 0 Å². The van der Waals surface area contributed by atoms with Gasteiger partial charge < -0.3 is 9.64 Å². The van der Waals surface area contributed by atoms with Gasteiger partial charge in [0, 0.05) is 12.6 Å². The molecule has 1 fully saturated rings. The first-order chi connectivity index (χ1) is 8.13. The lowest BCUT2D eigenvalue weighted by molar-refractivity contribution is 0.0124. The molecule has 102 valence electrons. The van der Waals surface area contributed by atoms with Crippen LogP contribution < -0.4 is 0 Å². The Morgan fingerprint density at radius 2 is 1.88 bits per heavy atom. The van der Waals surface area contributed by atoms with Crippen LogP contribution in [-0.4, -0.2) is 61.8 Å². The summed E-state index contributed by atoms with van der Waals surface area (Å²) >= 11 is 0. The Kier molecular flexibility index (Phi) is 7.09. The third-order valence-electron chi connectivity index (χ3n) is 3.56. The summed E-state index contributed by atoms with van der Waals surface area (Å²) in [6.07, 6.45) is 4.28. The van der Waals surface area contributed by atoms with Crippen molar-refractivity contribution in [2.75, 3.05) is 39.8 Å². The van der Waals surface area contributed by atoms with Crippen LogP contribution in [0.3, 0.4) is 0 Å². The fourth-order valence-electron chi connectivity index (χ4n) is 2.56. The van der Waals surface area contributed by atoms with Crippen LogP contribution in [0.5, 0.6) is 0 Å². The predicted molar refractivity (Wildman–Crippen MR) is 73.5 cm³/mol. The highest BCUT2D eigenvalue weighted by molar-refractivity contribution is 4.73. The van der Waals surface area contributed by atoms with Crippen molar-refractivity contribution >= 4 is 0 Å². The lowest BCUT2D eigenvalue weighted by Gasteiger charge is -2.26. The van der Waals surface area contributed by atoms with Crippen molar-refractivity contribution in [1.82, 2.24) is 9.80 Å². The van der Waals surface area contributed by atoms with E-state index in [1.54, 1.807) is 0 Å². The standard InChI is InChI=1S/C14H30N2O/c1-5-8-15(4)11-14(3)17-12-13(2)16-9-6-7-10-16/h13-14H,5-12H2,1-4H3. The monoisotopic (exact) mass is 242 g/mol. The average Bonchev–Trinajstić information content (AvgIpc) is 2.79. The van der Waals surface area contributed by atoms with Crippen molar-refractivity contribution in [3.63, 3.8) is 0 Å². The van der Waals surface area contributed by atoms with Gasteiger partial charge in [-0.05, 0) is 59.8 Å². The maximum atomic E-state index is 5.95. The van der Waals surface area contributed by atoms with Crippen LogP contribution in [0, 0.1) is 0 Å². The first kappa shape index (κ1) is 14.9. The molecule has 1 heterocycles. The van der Waals surface area contributed by atoms with E-state index in [-0.39, 0.29) is 0 Å². The van der Waals surface area contributed by atoms with Crippen LogP contribution in [0.4, 0.5) is 0 Å². The molecule has 1 rings (SSSR count). The molecule has 0 spiro atoms. The number of likely N-dealkylation sites (N-methyl/N-ethyl adjacent to an activating group) is 1. The van der Waals surface area contributed by atoms with Gasteiger partial charge in [-0.2, -0.15) is 0 Å². The van der Waals surface area contributed by atoms with Crippen molar-refractivity contribution in [3.05, 3.63) is 0 Å². The largest absolute Gasteiger partial charge is 0.376 e. The second-order valence-electron chi connectivity index (χ2n) is 5.50. The summed E-state index contributed by atoms with van der Waals surface area (Å²) in [6.45, 7) is 12.3.